The highest BCUT2D eigenvalue weighted by atomic mass is 16.7. The van der Waals surface area contributed by atoms with E-state index in [2.05, 4.69) is 141 Å². The Hall–Kier alpha value is -3.41. The summed E-state index contributed by atoms with van der Waals surface area (Å²) in [5.74, 6) is -0.154. The summed E-state index contributed by atoms with van der Waals surface area (Å²) in [5.41, 5.74) is 0. The molecular weight excluding hydrogens is 947 g/mol. The number of rotatable bonds is 51. The minimum absolute atomic E-state index is 0.145. The second-order valence-corrected chi connectivity index (χ2v) is 20.8. The van der Waals surface area contributed by atoms with Crippen molar-refractivity contribution in [1.82, 2.24) is 5.32 Å². The Morgan fingerprint density at radius 1 is 0.461 bits per heavy atom. The van der Waals surface area contributed by atoms with Gasteiger partial charge >= 0.3 is 0 Å². The van der Waals surface area contributed by atoms with E-state index in [-0.39, 0.29) is 12.5 Å². The highest BCUT2D eigenvalue weighted by molar-refractivity contribution is 5.76. The average Bonchev–Trinajstić information content (AvgIpc) is 3.42. The van der Waals surface area contributed by atoms with Gasteiger partial charge in [0.05, 0.1) is 25.4 Å². The lowest BCUT2D eigenvalue weighted by molar-refractivity contribution is -0.302. The SMILES string of the molecule is CC/C=C\C/C=C\C/C=C\C/C=C\C/C=C\C/C=C\C/C=C\C/C=C\C/C=C\C/C=C\CCCCCCCCCCCCC(=O)NC(COC1OC(CO)C(O)C(O)C1O)C(O)CCCCCCCCCCCCCC. The fraction of sp³-hybridized carbons (Fsp3) is 0.687. The van der Waals surface area contributed by atoms with Crippen molar-refractivity contribution in [3.63, 3.8) is 0 Å². The molecule has 0 aromatic heterocycles. The number of carbonyl (C=O) groups is 1. The highest BCUT2D eigenvalue weighted by Crippen LogP contribution is 2.23. The maximum absolute atomic E-state index is 13.1. The molecule has 1 heterocycles. The van der Waals surface area contributed by atoms with E-state index in [0.717, 1.165) is 109 Å². The average molecular weight is 1060 g/mol. The summed E-state index contributed by atoms with van der Waals surface area (Å²) in [4.78, 5) is 13.1. The minimum atomic E-state index is -1.56. The molecule has 0 aromatic rings. The molecule has 1 saturated heterocycles. The highest BCUT2D eigenvalue weighted by Gasteiger charge is 2.44. The molecule has 7 atom stereocenters. The molecule has 1 amide bonds. The third kappa shape index (κ3) is 43.6. The Kier molecular flexibility index (Phi) is 51.0. The van der Waals surface area contributed by atoms with E-state index in [0.29, 0.717) is 12.8 Å². The predicted molar refractivity (Wildman–Crippen MR) is 322 cm³/mol. The van der Waals surface area contributed by atoms with Crippen molar-refractivity contribution < 1.29 is 39.8 Å². The van der Waals surface area contributed by atoms with E-state index >= 15 is 0 Å². The van der Waals surface area contributed by atoms with Gasteiger partial charge in [0.15, 0.2) is 6.29 Å². The molecule has 434 valence electrons. The van der Waals surface area contributed by atoms with Crippen molar-refractivity contribution in [3.05, 3.63) is 122 Å². The Morgan fingerprint density at radius 2 is 0.816 bits per heavy atom. The Labute approximate surface area is 465 Å². The largest absolute Gasteiger partial charge is 0.394 e. The number of allylic oxidation sites excluding steroid dienone is 20. The van der Waals surface area contributed by atoms with Crippen LogP contribution in [0.5, 0.6) is 0 Å². The standard InChI is InChI=1S/C67H113NO8/c1-3-5-7-9-11-13-15-17-18-19-20-21-22-23-24-25-26-27-28-29-30-31-32-33-34-35-36-37-38-39-40-41-42-43-44-45-47-49-51-53-55-57-63(71)68-60(59-75-67-66(74)65(73)64(72)62(58-69)76-67)61(70)56-54-52-50-48-46-16-14-12-10-8-6-4-2/h5,7,11,13,17-18,20-21,23-24,26-27,29-30,32-33,35-36,38-39,60-62,64-67,69-70,72-74H,3-4,6,8-10,12,14-16,19,22,25,28,31,34,37,40-59H2,1-2H3,(H,68,71)/b7-5-,13-11-,18-17-,21-20-,24-23-,27-26-,30-29-,33-32-,36-35-,39-38-. The smallest absolute Gasteiger partial charge is 0.220 e. The number of hydrogen-bond donors (Lipinski definition) is 6. The van der Waals surface area contributed by atoms with Gasteiger partial charge in [0, 0.05) is 6.42 Å². The summed E-state index contributed by atoms with van der Waals surface area (Å²) < 4.78 is 11.3. The molecule has 0 aromatic carbocycles. The molecule has 0 saturated carbocycles. The molecular formula is C67H113NO8. The van der Waals surface area contributed by atoms with Crippen LogP contribution in [0.25, 0.3) is 0 Å². The number of hydrogen-bond acceptors (Lipinski definition) is 8. The van der Waals surface area contributed by atoms with Gasteiger partial charge < -0.3 is 40.3 Å². The van der Waals surface area contributed by atoms with Crippen molar-refractivity contribution in [1.29, 1.82) is 0 Å². The molecule has 76 heavy (non-hydrogen) atoms. The van der Waals surface area contributed by atoms with E-state index in [4.69, 9.17) is 9.47 Å². The monoisotopic (exact) mass is 1060 g/mol. The molecule has 6 N–H and O–H groups in total. The molecule has 1 fully saturated rings. The van der Waals surface area contributed by atoms with Crippen LogP contribution in [0, 0.1) is 0 Å². The van der Waals surface area contributed by atoms with Crippen LogP contribution in [0.1, 0.15) is 239 Å². The zero-order chi connectivity index (χ0) is 55.0. The minimum Gasteiger partial charge on any atom is -0.394 e. The zero-order valence-corrected chi connectivity index (χ0v) is 48.2. The molecule has 9 heteroatoms. The maximum atomic E-state index is 13.1. The van der Waals surface area contributed by atoms with Crippen LogP contribution in [0.3, 0.4) is 0 Å². The number of aliphatic hydroxyl groups is 5. The van der Waals surface area contributed by atoms with E-state index < -0.39 is 49.5 Å². The normalized spacial score (nSPS) is 19.7. The van der Waals surface area contributed by atoms with Gasteiger partial charge in [-0.15, -0.1) is 0 Å². The summed E-state index contributed by atoms with van der Waals surface area (Å²) in [5, 5.41) is 54.6. The van der Waals surface area contributed by atoms with E-state index in [1.165, 1.54) is 103 Å². The van der Waals surface area contributed by atoms with Crippen LogP contribution in [0.15, 0.2) is 122 Å². The molecule has 7 unspecified atom stereocenters. The lowest BCUT2D eigenvalue weighted by Gasteiger charge is -2.40. The van der Waals surface area contributed by atoms with Gasteiger partial charge in [0.25, 0.3) is 0 Å². The van der Waals surface area contributed by atoms with Gasteiger partial charge in [-0.05, 0) is 89.9 Å². The van der Waals surface area contributed by atoms with Crippen LogP contribution < -0.4 is 5.32 Å². The van der Waals surface area contributed by atoms with Crippen molar-refractivity contribution >= 4 is 5.91 Å². The molecule has 0 aliphatic carbocycles. The first kappa shape index (κ1) is 70.6. The van der Waals surface area contributed by atoms with Crippen molar-refractivity contribution in [2.24, 2.45) is 0 Å². The predicted octanol–water partition coefficient (Wildman–Crippen LogP) is 15.9. The van der Waals surface area contributed by atoms with Crippen LogP contribution in [-0.4, -0.2) is 87.5 Å². The number of amides is 1. The van der Waals surface area contributed by atoms with Crippen LogP contribution in [0.4, 0.5) is 0 Å². The van der Waals surface area contributed by atoms with Gasteiger partial charge in [-0.3, -0.25) is 4.79 Å². The first-order valence-electron chi connectivity index (χ1n) is 30.7. The topological polar surface area (TPSA) is 149 Å². The Bertz CT molecular complexity index is 1610. The number of aliphatic hydroxyl groups excluding tert-OH is 5. The van der Waals surface area contributed by atoms with E-state index in [9.17, 15) is 30.3 Å². The second kappa shape index (κ2) is 54.9. The lowest BCUT2D eigenvalue weighted by atomic mass is 9.99. The molecule has 1 aliphatic heterocycles. The van der Waals surface area contributed by atoms with Crippen LogP contribution >= 0.6 is 0 Å². The second-order valence-electron chi connectivity index (χ2n) is 20.8. The third-order valence-electron chi connectivity index (χ3n) is 13.8. The van der Waals surface area contributed by atoms with Gasteiger partial charge in [-0.1, -0.05) is 264 Å². The molecule has 1 rings (SSSR count). The first-order valence-corrected chi connectivity index (χ1v) is 30.7. The van der Waals surface area contributed by atoms with Gasteiger partial charge in [-0.2, -0.15) is 0 Å². The van der Waals surface area contributed by atoms with Gasteiger partial charge in [0.1, 0.15) is 24.4 Å². The van der Waals surface area contributed by atoms with Gasteiger partial charge in [0.2, 0.25) is 5.91 Å². The number of unbranched alkanes of at least 4 members (excludes halogenated alkanes) is 21. The zero-order valence-electron chi connectivity index (χ0n) is 48.2. The first-order chi connectivity index (χ1) is 37.3. The molecule has 9 nitrogen and oxygen atoms in total. The number of nitrogens with one attached hydrogen (secondary N) is 1. The van der Waals surface area contributed by atoms with E-state index in [1.54, 1.807) is 0 Å². The number of ether oxygens (including phenoxy) is 2. The summed E-state index contributed by atoms with van der Waals surface area (Å²) in [7, 11) is 0. The van der Waals surface area contributed by atoms with Crippen molar-refractivity contribution in [2.75, 3.05) is 13.2 Å². The summed E-state index contributed by atoms with van der Waals surface area (Å²) in [6.07, 6.45) is 75.3. The quantitative estimate of drug-likeness (QED) is 0.0261. The van der Waals surface area contributed by atoms with Crippen LogP contribution in [-0.2, 0) is 14.3 Å². The Morgan fingerprint density at radius 3 is 1.21 bits per heavy atom. The molecule has 0 radical (unpaired) electrons. The lowest BCUT2D eigenvalue weighted by Crippen LogP contribution is -2.60. The fourth-order valence-corrected chi connectivity index (χ4v) is 9.01. The maximum Gasteiger partial charge on any atom is 0.220 e. The molecule has 0 spiro atoms. The van der Waals surface area contributed by atoms with Gasteiger partial charge in [-0.25, -0.2) is 0 Å². The summed E-state index contributed by atoms with van der Waals surface area (Å²) in [6, 6.07) is -0.728. The van der Waals surface area contributed by atoms with E-state index in [1.807, 2.05) is 0 Å². The summed E-state index contributed by atoms with van der Waals surface area (Å²) in [6.45, 7) is 3.71. The van der Waals surface area contributed by atoms with Crippen molar-refractivity contribution in [3.8, 4) is 0 Å². The Balaban J connectivity index is 2.11. The molecule has 1 aliphatic rings. The third-order valence-corrected chi connectivity index (χ3v) is 13.8. The van der Waals surface area contributed by atoms with Crippen LogP contribution in [0.2, 0.25) is 0 Å². The fourth-order valence-electron chi connectivity index (χ4n) is 9.01. The summed E-state index contributed by atoms with van der Waals surface area (Å²) >= 11 is 0. The number of carbonyl (C=O) groups excluding carboxylic acids is 1. The molecule has 0 bridgehead atoms. The van der Waals surface area contributed by atoms with Crippen molar-refractivity contribution in [2.45, 2.75) is 281 Å².